The van der Waals surface area contributed by atoms with E-state index in [2.05, 4.69) is 25.2 Å². The summed E-state index contributed by atoms with van der Waals surface area (Å²) >= 11 is 0. The summed E-state index contributed by atoms with van der Waals surface area (Å²) in [7, 11) is 0. The number of hydrogen-bond acceptors (Lipinski definition) is 3. The molecule has 2 heterocycles. The molecule has 0 aliphatic carbocycles. The van der Waals surface area contributed by atoms with E-state index in [0.29, 0.717) is 0 Å². The smallest absolute Gasteiger partial charge is 0.228 e. The van der Waals surface area contributed by atoms with Crippen LogP contribution in [0, 0.1) is 5.92 Å². The number of carbonyl (C=O) groups is 1. The van der Waals surface area contributed by atoms with E-state index in [4.69, 9.17) is 4.42 Å². The van der Waals surface area contributed by atoms with Gasteiger partial charge in [-0.05, 0) is 25.5 Å². The number of amides is 1. The maximum absolute atomic E-state index is 12.6. The average molecular weight is 323 g/mol. The highest BCUT2D eigenvalue weighted by Crippen LogP contribution is 2.28. The van der Waals surface area contributed by atoms with Gasteiger partial charge in [-0.15, -0.1) is 12.4 Å². The Bertz CT molecular complexity index is 603. The summed E-state index contributed by atoms with van der Waals surface area (Å²) in [5.74, 6) is 1.23. The monoisotopic (exact) mass is 322 g/mol. The molecule has 1 aromatic carbocycles. The Morgan fingerprint density at radius 1 is 1.41 bits per heavy atom. The lowest BCUT2D eigenvalue weighted by molar-refractivity contribution is -0.139. The summed E-state index contributed by atoms with van der Waals surface area (Å²) in [6.07, 6.45) is 0.955. The van der Waals surface area contributed by atoms with Crippen molar-refractivity contribution in [3.63, 3.8) is 0 Å². The molecule has 120 valence electrons. The topological polar surface area (TPSA) is 45.5 Å². The Labute approximate surface area is 137 Å². The highest BCUT2D eigenvalue weighted by atomic mass is 35.5. The van der Waals surface area contributed by atoms with Crippen molar-refractivity contribution in [1.82, 2.24) is 10.2 Å². The summed E-state index contributed by atoms with van der Waals surface area (Å²) in [5, 5.41) is 4.26. The number of halogens is 1. The lowest BCUT2D eigenvalue weighted by atomic mass is 10.00. The van der Waals surface area contributed by atoms with Crippen molar-refractivity contribution in [3.8, 4) is 0 Å². The predicted molar refractivity (Wildman–Crippen MR) is 90.2 cm³/mol. The highest BCUT2D eigenvalue weighted by molar-refractivity contribution is 5.85. The third-order valence-electron chi connectivity index (χ3n) is 4.20. The van der Waals surface area contributed by atoms with Crippen molar-refractivity contribution < 1.29 is 9.21 Å². The Balaban J connectivity index is 0.00000176. The minimum Gasteiger partial charge on any atom is -0.459 e. The predicted octanol–water partition coefficient (Wildman–Crippen LogP) is 3.37. The SMILES string of the molecule is CCCN(C(=O)C1CNC1)C(C)c1cc2ccccc2o1.Cl. The Morgan fingerprint density at radius 2 is 2.14 bits per heavy atom. The highest BCUT2D eigenvalue weighted by Gasteiger charge is 2.32. The second-order valence-corrected chi connectivity index (χ2v) is 5.75. The van der Waals surface area contributed by atoms with Crippen LogP contribution in [0.15, 0.2) is 34.7 Å². The molecule has 3 rings (SSSR count). The van der Waals surface area contributed by atoms with Crippen LogP contribution >= 0.6 is 12.4 Å². The maximum Gasteiger partial charge on any atom is 0.228 e. The number of fused-ring (bicyclic) bond motifs is 1. The minimum atomic E-state index is -0.0227. The molecule has 1 aromatic heterocycles. The van der Waals surface area contributed by atoms with Gasteiger partial charge >= 0.3 is 0 Å². The summed E-state index contributed by atoms with van der Waals surface area (Å²) in [6.45, 7) is 6.52. The molecule has 0 bridgehead atoms. The van der Waals surface area contributed by atoms with Gasteiger partial charge in [0.05, 0.1) is 12.0 Å². The quantitative estimate of drug-likeness (QED) is 0.918. The van der Waals surface area contributed by atoms with Crippen LogP contribution in [0.3, 0.4) is 0 Å². The lowest BCUT2D eigenvalue weighted by Gasteiger charge is -2.35. The molecule has 4 nitrogen and oxygen atoms in total. The molecule has 2 aromatic rings. The molecule has 0 radical (unpaired) electrons. The number of benzene rings is 1. The number of nitrogens with zero attached hydrogens (tertiary/aromatic N) is 1. The molecular weight excluding hydrogens is 300 g/mol. The standard InChI is InChI=1S/C17H22N2O2.ClH/c1-3-8-19(17(20)14-10-18-11-14)12(2)16-9-13-6-4-5-7-15(13)21-16;/h4-7,9,12,14,18H,3,8,10-11H2,1-2H3;1H. The van der Waals surface area contributed by atoms with Gasteiger partial charge in [-0.1, -0.05) is 25.1 Å². The molecule has 5 heteroatoms. The van der Waals surface area contributed by atoms with Gasteiger partial charge in [-0.3, -0.25) is 4.79 Å². The molecule has 22 heavy (non-hydrogen) atoms. The van der Waals surface area contributed by atoms with Gasteiger partial charge in [0, 0.05) is 25.0 Å². The Kier molecular flexibility index (Phi) is 5.48. The number of nitrogens with one attached hydrogen (secondary N) is 1. The van der Waals surface area contributed by atoms with Gasteiger partial charge in [-0.25, -0.2) is 0 Å². The fourth-order valence-electron chi connectivity index (χ4n) is 2.80. The molecule has 0 saturated carbocycles. The Hall–Kier alpha value is -1.52. The van der Waals surface area contributed by atoms with Crippen LogP contribution in [0.2, 0.25) is 0 Å². The number of carbonyl (C=O) groups excluding carboxylic acids is 1. The van der Waals surface area contributed by atoms with Crippen molar-refractivity contribution in [2.24, 2.45) is 5.92 Å². The lowest BCUT2D eigenvalue weighted by Crippen LogP contribution is -2.52. The second-order valence-electron chi connectivity index (χ2n) is 5.75. The van der Waals surface area contributed by atoms with E-state index in [1.807, 2.05) is 29.2 Å². The number of rotatable bonds is 5. The van der Waals surface area contributed by atoms with Gasteiger partial charge in [0.25, 0.3) is 0 Å². The van der Waals surface area contributed by atoms with Gasteiger partial charge < -0.3 is 14.6 Å². The summed E-state index contributed by atoms with van der Waals surface area (Å²) in [5.41, 5.74) is 0.883. The van der Waals surface area contributed by atoms with E-state index in [-0.39, 0.29) is 30.3 Å². The normalized spacial score (nSPS) is 15.9. The summed E-state index contributed by atoms with van der Waals surface area (Å²) in [6, 6.07) is 10.0. The first-order valence-electron chi connectivity index (χ1n) is 7.70. The van der Waals surface area contributed by atoms with Crippen molar-refractivity contribution in [2.45, 2.75) is 26.3 Å². The van der Waals surface area contributed by atoms with E-state index in [1.54, 1.807) is 0 Å². The van der Waals surface area contributed by atoms with Crippen LogP contribution in [0.4, 0.5) is 0 Å². The molecule has 1 aliphatic rings. The van der Waals surface area contributed by atoms with E-state index < -0.39 is 0 Å². The van der Waals surface area contributed by atoms with Crippen LogP contribution in [0.5, 0.6) is 0 Å². The minimum absolute atomic E-state index is 0. The molecule has 1 amide bonds. The molecule has 1 saturated heterocycles. The zero-order chi connectivity index (χ0) is 14.8. The van der Waals surface area contributed by atoms with Gasteiger partial charge in [-0.2, -0.15) is 0 Å². The molecule has 1 aliphatic heterocycles. The zero-order valence-corrected chi connectivity index (χ0v) is 13.9. The maximum atomic E-state index is 12.6. The van der Waals surface area contributed by atoms with E-state index in [1.165, 1.54) is 0 Å². The molecular formula is C17H23ClN2O2. The molecule has 1 unspecified atom stereocenters. The largest absolute Gasteiger partial charge is 0.459 e. The molecule has 1 N–H and O–H groups in total. The van der Waals surface area contributed by atoms with Gasteiger partial charge in [0.2, 0.25) is 5.91 Å². The fraction of sp³-hybridized carbons (Fsp3) is 0.471. The zero-order valence-electron chi connectivity index (χ0n) is 13.0. The third-order valence-corrected chi connectivity index (χ3v) is 4.20. The van der Waals surface area contributed by atoms with Crippen molar-refractivity contribution >= 4 is 29.3 Å². The number of furan rings is 1. The van der Waals surface area contributed by atoms with Crippen LogP contribution in [-0.4, -0.2) is 30.4 Å². The second kappa shape index (κ2) is 7.16. The van der Waals surface area contributed by atoms with Crippen molar-refractivity contribution in [3.05, 3.63) is 36.1 Å². The van der Waals surface area contributed by atoms with Crippen molar-refractivity contribution in [1.29, 1.82) is 0 Å². The Morgan fingerprint density at radius 3 is 2.73 bits per heavy atom. The van der Waals surface area contributed by atoms with E-state index in [0.717, 1.165) is 42.8 Å². The summed E-state index contributed by atoms with van der Waals surface area (Å²) in [4.78, 5) is 14.6. The molecule has 1 fully saturated rings. The first-order chi connectivity index (χ1) is 10.2. The number of para-hydroxylation sites is 1. The van der Waals surface area contributed by atoms with Crippen molar-refractivity contribution in [2.75, 3.05) is 19.6 Å². The number of hydrogen-bond donors (Lipinski definition) is 1. The van der Waals surface area contributed by atoms with Crippen LogP contribution in [-0.2, 0) is 4.79 Å². The third kappa shape index (κ3) is 3.13. The fourth-order valence-corrected chi connectivity index (χ4v) is 2.80. The summed E-state index contributed by atoms with van der Waals surface area (Å²) < 4.78 is 5.93. The van der Waals surface area contributed by atoms with E-state index in [9.17, 15) is 4.79 Å². The van der Waals surface area contributed by atoms with Gasteiger partial charge in [0.1, 0.15) is 11.3 Å². The molecule has 1 atom stereocenters. The molecule has 0 spiro atoms. The first-order valence-corrected chi connectivity index (χ1v) is 7.70. The van der Waals surface area contributed by atoms with Crippen LogP contribution in [0.25, 0.3) is 11.0 Å². The average Bonchev–Trinajstić information content (AvgIpc) is 2.86. The van der Waals surface area contributed by atoms with Gasteiger partial charge in [0.15, 0.2) is 0 Å². The first kappa shape index (κ1) is 16.8. The van der Waals surface area contributed by atoms with E-state index >= 15 is 0 Å². The van der Waals surface area contributed by atoms with Crippen LogP contribution in [0.1, 0.15) is 32.1 Å². The van der Waals surface area contributed by atoms with Crippen LogP contribution < -0.4 is 5.32 Å².